The molecule has 160 valence electrons. The number of benzene rings is 1. The van der Waals surface area contributed by atoms with Crippen molar-refractivity contribution in [2.24, 2.45) is 0 Å². The SMILES string of the molecule is CN1CCc2c(Cc3ccc(F)cc3)cc(CC(=O)N[C@H]3CCCC[C@@H]3O)nc2C1. The highest BCUT2D eigenvalue weighted by Gasteiger charge is 2.25. The smallest absolute Gasteiger partial charge is 0.226 e. The number of carbonyl (C=O) groups is 1. The van der Waals surface area contributed by atoms with Crippen molar-refractivity contribution in [3.8, 4) is 0 Å². The van der Waals surface area contributed by atoms with E-state index in [4.69, 9.17) is 4.98 Å². The molecule has 0 bridgehead atoms. The third kappa shape index (κ3) is 5.05. The number of carbonyl (C=O) groups excluding carboxylic acids is 1. The fraction of sp³-hybridized carbons (Fsp3) is 0.500. The van der Waals surface area contributed by atoms with Crippen molar-refractivity contribution >= 4 is 5.91 Å². The Morgan fingerprint density at radius 2 is 2.03 bits per heavy atom. The number of aliphatic hydroxyl groups excluding tert-OH is 1. The Morgan fingerprint density at radius 3 is 2.80 bits per heavy atom. The van der Waals surface area contributed by atoms with E-state index >= 15 is 0 Å². The van der Waals surface area contributed by atoms with E-state index in [9.17, 15) is 14.3 Å². The molecule has 6 heteroatoms. The minimum atomic E-state index is -0.457. The first-order chi connectivity index (χ1) is 14.5. The molecule has 2 aliphatic rings. The number of hydrogen-bond donors (Lipinski definition) is 2. The van der Waals surface area contributed by atoms with Crippen LogP contribution in [0.2, 0.25) is 0 Å². The highest BCUT2D eigenvalue weighted by atomic mass is 19.1. The van der Waals surface area contributed by atoms with Crippen molar-refractivity contribution in [3.05, 3.63) is 64.2 Å². The van der Waals surface area contributed by atoms with Crippen LogP contribution in [0.5, 0.6) is 0 Å². The van der Waals surface area contributed by atoms with Crippen LogP contribution in [0.25, 0.3) is 0 Å². The topological polar surface area (TPSA) is 65.5 Å². The van der Waals surface area contributed by atoms with Gasteiger partial charge in [-0.05, 0) is 67.6 Å². The lowest BCUT2D eigenvalue weighted by Crippen LogP contribution is -2.45. The molecule has 0 radical (unpaired) electrons. The first kappa shape index (κ1) is 20.9. The van der Waals surface area contributed by atoms with Gasteiger partial charge in [-0.15, -0.1) is 0 Å². The Bertz CT molecular complexity index is 900. The van der Waals surface area contributed by atoms with Gasteiger partial charge >= 0.3 is 0 Å². The molecule has 1 aromatic carbocycles. The predicted octanol–water partition coefficient (Wildman–Crippen LogP) is 2.76. The van der Waals surface area contributed by atoms with E-state index in [0.717, 1.165) is 62.1 Å². The largest absolute Gasteiger partial charge is 0.391 e. The first-order valence-electron chi connectivity index (χ1n) is 10.9. The van der Waals surface area contributed by atoms with Crippen LogP contribution < -0.4 is 5.32 Å². The Hall–Kier alpha value is -2.31. The Labute approximate surface area is 177 Å². The summed E-state index contributed by atoms with van der Waals surface area (Å²) in [7, 11) is 2.08. The van der Waals surface area contributed by atoms with E-state index in [2.05, 4.69) is 17.3 Å². The Balaban J connectivity index is 1.54. The van der Waals surface area contributed by atoms with Crippen LogP contribution in [0.4, 0.5) is 4.39 Å². The lowest BCUT2D eigenvalue weighted by molar-refractivity contribution is -0.122. The first-order valence-corrected chi connectivity index (χ1v) is 10.9. The maximum Gasteiger partial charge on any atom is 0.226 e. The third-order valence-corrected chi connectivity index (χ3v) is 6.24. The molecular formula is C24H30FN3O2. The molecule has 2 atom stereocenters. The number of hydrogen-bond acceptors (Lipinski definition) is 4. The van der Waals surface area contributed by atoms with Crippen LogP contribution in [0.1, 0.15) is 53.8 Å². The number of halogens is 1. The zero-order valence-electron chi connectivity index (χ0n) is 17.5. The summed E-state index contributed by atoms with van der Waals surface area (Å²) in [6.07, 6.45) is 4.99. The Morgan fingerprint density at radius 1 is 1.27 bits per heavy atom. The monoisotopic (exact) mass is 411 g/mol. The van der Waals surface area contributed by atoms with Crippen molar-refractivity contribution in [1.82, 2.24) is 15.2 Å². The van der Waals surface area contributed by atoms with Crippen LogP contribution in [0.15, 0.2) is 30.3 Å². The summed E-state index contributed by atoms with van der Waals surface area (Å²) in [6, 6.07) is 8.47. The van der Waals surface area contributed by atoms with Crippen molar-refractivity contribution in [3.63, 3.8) is 0 Å². The molecule has 2 N–H and O–H groups in total. The summed E-state index contributed by atoms with van der Waals surface area (Å²) in [6.45, 7) is 1.74. The molecule has 1 fully saturated rings. The van der Waals surface area contributed by atoms with Crippen molar-refractivity contribution in [1.29, 1.82) is 0 Å². The zero-order chi connectivity index (χ0) is 21.1. The number of likely N-dealkylation sites (N-methyl/N-ethyl adjacent to an activating group) is 1. The molecule has 1 aliphatic heterocycles. The van der Waals surface area contributed by atoms with Crippen molar-refractivity contribution in [2.45, 2.75) is 63.6 Å². The minimum Gasteiger partial charge on any atom is -0.391 e. The van der Waals surface area contributed by atoms with Gasteiger partial charge in [0.2, 0.25) is 5.91 Å². The van der Waals surface area contributed by atoms with Gasteiger partial charge in [0.05, 0.1) is 30.0 Å². The molecule has 1 saturated carbocycles. The Kier molecular flexibility index (Phi) is 6.44. The van der Waals surface area contributed by atoms with Crippen molar-refractivity contribution in [2.75, 3.05) is 13.6 Å². The zero-order valence-corrected chi connectivity index (χ0v) is 17.5. The fourth-order valence-corrected chi connectivity index (χ4v) is 4.59. The molecule has 0 saturated heterocycles. The second-order valence-corrected chi connectivity index (χ2v) is 8.69. The summed E-state index contributed by atoms with van der Waals surface area (Å²) >= 11 is 0. The number of fused-ring (bicyclic) bond motifs is 1. The highest BCUT2D eigenvalue weighted by Crippen LogP contribution is 2.24. The van der Waals surface area contributed by atoms with E-state index in [1.54, 1.807) is 0 Å². The number of aliphatic hydroxyl groups is 1. The summed E-state index contributed by atoms with van der Waals surface area (Å²) < 4.78 is 13.3. The van der Waals surface area contributed by atoms with Gasteiger partial charge in [-0.2, -0.15) is 0 Å². The second-order valence-electron chi connectivity index (χ2n) is 8.69. The van der Waals surface area contributed by atoms with Gasteiger partial charge in [-0.25, -0.2) is 4.39 Å². The quantitative estimate of drug-likeness (QED) is 0.794. The van der Waals surface area contributed by atoms with Gasteiger partial charge in [0.25, 0.3) is 0 Å². The van der Waals surface area contributed by atoms with E-state index in [1.165, 1.54) is 23.3 Å². The van der Waals surface area contributed by atoms with E-state index in [0.29, 0.717) is 6.42 Å². The average Bonchev–Trinajstić information content (AvgIpc) is 2.71. The number of amides is 1. The summed E-state index contributed by atoms with van der Waals surface area (Å²) in [5.74, 6) is -0.329. The summed E-state index contributed by atoms with van der Waals surface area (Å²) in [4.78, 5) is 19.7. The lowest BCUT2D eigenvalue weighted by atomic mass is 9.92. The predicted molar refractivity (Wildman–Crippen MR) is 114 cm³/mol. The molecule has 2 aromatic rings. The number of nitrogens with zero attached hydrogens (tertiary/aromatic N) is 2. The van der Waals surface area contributed by atoms with Gasteiger partial charge in [-0.1, -0.05) is 25.0 Å². The fourth-order valence-electron chi connectivity index (χ4n) is 4.59. The van der Waals surface area contributed by atoms with E-state index in [-0.39, 0.29) is 24.2 Å². The molecule has 0 unspecified atom stereocenters. The molecule has 0 spiro atoms. The molecule has 1 aromatic heterocycles. The van der Waals surface area contributed by atoms with Gasteiger partial charge in [0, 0.05) is 13.1 Å². The molecule has 1 aliphatic carbocycles. The maximum atomic E-state index is 13.3. The van der Waals surface area contributed by atoms with Gasteiger partial charge < -0.3 is 15.3 Å². The van der Waals surface area contributed by atoms with Crippen LogP contribution in [0.3, 0.4) is 0 Å². The van der Waals surface area contributed by atoms with Gasteiger partial charge in [-0.3, -0.25) is 9.78 Å². The van der Waals surface area contributed by atoms with E-state index in [1.807, 2.05) is 18.2 Å². The number of aromatic nitrogens is 1. The van der Waals surface area contributed by atoms with Crippen LogP contribution in [-0.4, -0.2) is 46.6 Å². The average molecular weight is 412 g/mol. The van der Waals surface area contributed by atoms with Crippen LogP contribution >= 0.6 is 0 Å². The van der Waals surface area contributed by atoms with Crippen LogP contribution in [0, 0.1) is 5.82 Å². The minimum absolute atomic E-state index is 0.0923. The van der Waals surface area contributed by atoms with Crippen molar-refractivity contribution < 1.29 is 14.3 Å². The standard InChI is InChI=1S/C24H30FN3O2/c1-28-11-10-20-17(12-16-6-8-18(25)9-7-16)13-19(26-22(20)15-28)14-24(30)27-21-4-2-3-5-23(21)29/h6-9,13,21,23,29H,2-5,10-12,14-15H2,1H3,(H,27,30)/t21-,23-/m0/s1. The van der Waals surface area contributed by atoms with E-state index < -0.39 is 6.10 Å². The summed E-state index contributed by atoms with van der Waals surface area (Å²) in [5.41, 5.74) is 5.25. The van der Waals surface area contributed by atoms with Gasteiger partial charge in [0.15, 0.2) is 0 Å². The molecular weight excluding hydrogens is 381 g/mol. The van der Waals surface area contributed by atoms with Crippen LogP contribution in [-0.2, 0) is 30.6 Å². The third-order valence-electron chi connectivity index (χ3n) is 6.24. The maximum absolute atomic E-state index is 13.3. The number of pyridine rings is 1. The molecule has 2 heterocycles. The molecule has 5 nitrogen and oxygen atoms in total. The highest BCUT2D eigenvalue weighted by molar-refractivity contribution is 5.78. The lowest BCUT2D eigenvalue weighted by Gasteiger charge is -2.29. The summed E-state index contributed by atoms with van der Waals surface area (Å²) in [5, 5.41) is 13.1. The van der Waals surface area contributed by atoms with Gasteiger partial charge in [0.1, 0.15) is 5.82 Å². The molecule has 4 rings (SSSR count). The molecule has 1 amide bonds. The normalized spacial score (nSPS) is 21.8. The number of rotatable bonds is 5. The molecule has 30 heavy (non-hydrogen) atoms. The number of nitrogens with one attached hydrogen (secondary N) is 1. The second kappa shape index (κ2) is 9.23.